The Kier molecular flexibility index (Phi) is 5.85. The van der Waals surface area contributed by atoms with Crippen molar-refractivity contribution in [2.75, 3.05) is 37.4 Å². The maximum Gasteiger partial charge on any atom is 0.238 e. The number of benzene rings is 1. The molecule has 0 aliphatic carbocycles. The second kappa shape index (κ2) is 8.71. The number of H-pyrrole nitrogens is 1. The maximum absolute atomic E-state index is 12.4. The number of fused-ring (bicyclic) bond motifs is 1. The highest BCUT2D eigenvalue weighted by Crippen LogP contribution is 2.28. The van der Waals surface area contributed by atoms with E-state index < -0.39 is 0 Å². The molecule has 1 fully saturated rings. The third-order valence-electron chi connectivity index (χ3n) is 5.30. The molecule has 0 saturated carbocycles. The lowest BCUT2D eigenvalue weighted by Gasteiger charge is -2.16. The van der Waals surface area contributed by atoms with Crippen molar-refractivity contribution < 1.29 is 9.53 Å². The van der Waals surface area contributed by atoms with Crippen molar-refractivity contribution in [1.82, 2.24) is 20.1 Å². The van der Waals surface area contributed by atoms with Gasteiger partial charge < -0.3 is 15.4 Å². The summed E-state index contributed by atoms with van der Waals surface area (Å²) in [5.41, 5.74) is 2.61. The molecule has 0 bridgehead atoms. The van der Waals surface area contributed by atoms with Gasteiger partial charge in [-0.15, -0.1) is 0 Å². The smallest absolute Gasteiger partial charge is 0.238 e. The minimum absolute atomic E-state index is 0.0119. The first-order chi connectivity index (χ1) is 14.5. The number of aromatic nitrogens is 3. The van der Waals surface area contributed by atoms with Crippen molar-refractivity contribution in [3.8, 4) is 5.75 Å². The summed E-state index contributed by atoms with van der Waals surface area (Å²) in [7, 11) is 1.62. The van der Waals surface area contributed by atoms with Crippen molar-refractivity contribution in [3.05, 3.63) is 42.1 Å². The molecule has 8 nitrogen and oxygen atoms in total. The van der Waals surface area contributed by atoms with Crippen LogP contribution in [-0.4, -0.2) is 58.8 Å². The molecule has 1 aliphatic rings. The Morgan fingerprint density at radius 1 is 1.27 bits per heavy atom. The first kappa shape index (κ1) is 20.2. The zero-order chi connectivity index (χ0) is 21.1. The molecule has 158 valence electrons. The number of aromatic amines is 1. The number of methoxy groups -OCH3 is 1. The van der Waals surface area contributed by atoms with E-state index in [1.54, 1.807) is 7.11 Å². The molecular weight excluding hydrogens is 380 g/mol. The maximum atomic E-state index is 12.4. The molecule has 3 N–H and O–H groups in total. The molecule has 4 rings (SSSR count). The zero-order valence-electron chi connectivity index (χ0n) is 17.6. The fourth-order valence-electron chi connectivity index (χ4n) is 3.83. The quantitative estimate of drug-likeness (QED) is 0.556. The second-order valence-corrected chi connectivity index (χ2v) is 8.00. The van der Waals surface area contributed by atoms with Crippen LogP contribution in [0.25, 0.3) is 11.0 Å². The number of ether oxygens (including phenoxy) is 1. The third-order valence-corrected chi connectivity index (χ3v) is 5.30. The van der Waals surface area contributed by atoms with E-state index in [4.69, 9.17) is 9.72 Å². The van der Waals surface area contributed by atoms with Crippen LogP contribution in [0.5, 0.6) is 5.75 Å². The summed E-state index contributed by atoms with van der Waals surface area (Å²) in [6.07, 6.45) is 0.986. The van der Waals surface area contributed by atoms with Crippen LogP contribution >= 0.6 is 0 Å². The number of amides is 1. The van der Waals surface area contributed by atoms with Gasteiger partial charge in [-0.25, -0.2) is 4.98 Å². The number of hydrogen-bond acceptors (Lipinski definition) is 6. The fourth-order valence-corrected chi connectivity index (χ4v) is 3.83. The number of nitrogens with zero attached hydrogens (tertiary/aromatic N) is 3. The number of carbonyl (C=O) groups is 1. The summed E-state index contributed by atoms with van der Waals surface area (Å²) in [6, 6.07) is 11.8. The van der Waals surface area contributed by atoms with E-state index >= 15 is 0 Å². The Labute approximate surface area is 176 Å². The van der Waals surface area contributed by atoms with Gasteiger partial charge in [0.15, 0.2) is 11.5 Å². The van der Waals surface area contributed by atoms with Crippen molar-refractivity contribution in [1.29, 1.82) is 0 Å². The molecule has 8 heteroatoms. The van der Waals surface area contributed by atoms with Gasteiger partial charge in [0.05, 0.1) is 19.0 Å². The summed E-state index contributed by atoms with van der Waals surface area (Å²) in [4.78, 5) is 19.4. The molecule has 3 aromatic rings. The molecule has 0 radical (unpaired) electrons. The number of nitrogens with one attached hydrogen (secondary N) is 3. The Morgan fingerprint density at radius 3 is 2.80 bits per heavy atom. The van der Waals surface area contributed by atoms with Crippen LogP contribution in [0.1, 0.15) is 31.9 Å². The van der Waals surface area contributed by atoms with Crippen LogP contribution in [0.2, 0.25) is 0 Å². The summed E-state index contributed by atoms with van der Waals surface area (Å²) in [5.74, 6) is 1.90. The SMILES string of the molecule is COc1ccc(NC(=O)CN2CC[C@H](c3ccc4c(NC(C)C)n[nH]c4n3)C2)cc1. The number of hydrogen-bond donors (Lipinski definition) is 3. The highest BCUT2D eigenvalue weighted by molar-refractivity contribution is 5.92. The van der Waals surface area contributed by atoms with Crippen molar-refractivity contribution >= 4 is 28.4 Å². The van der Waals surface area contributed by atoms with Crippen molar-refractivity contribution in [3.63, 3.8) is 0 Å². The molecule has 1 atom stereocenters. The summed E-state index contributed by atoms with van der Waals surface area (Å²) in [5, 5.41) is 14.6. The van der Waals surface area contributed by atoms with Crippen molar-refractivity contribution in [2.45, 2.75) is 32.2 Å². The molecule has 3 heterocycles. The summed E-state index contributed by atoms with van der Waals surface area (Å²) in [6.45, 7) is 6.24. The molecule has 0 spiro atoms. The van der Waals surface area contributed by atoms with Gasteiger partial charge >= 0.3 is 0 Å². The molecule has 1 saturated heterocycles. The van der Waals surface area contributed by atoms with E-state index in [1.807, 2.05) is 24.3 Å². The summed E-state index contributed by atoms with van der Waals surface area (Å²) < 4.78 is 5.14. The predicted octanol–water partition coefficient (Wildman–Crippen LogP) is 3.21. The van der Waals surface area contributed by atoms with E-state index in [0.29, 0.717) is 18.5 Å². The van der Waals surface area contributed by atoms with Gasteiger partial charge in [0.25, 0.3) is 0 Å². The fraction of sp³-hybridized carbons (Fsp3) is 0.409. The standard InChI is InChI=1S/C22H28N6O2/c1-14(2)23-21-18-8-9-19(25-22(18)27-26-21)15-10-11-28(12-15)13-20(29)24-16-4-6-17(30-3)7-5-16/h4-9,14-15H,10-13H2,1-3H3,(H,24,29)(H2,23,25,26,27)/t15-/m0/s1. The van der Waals surface area contributed by atoms with Crippen LogP contribution in [0, 0.1) is 0 Å². The number of carbonyl (C=O) groups excluding carboxylic acids is 1. The minimum Gasteiger partial charge on any atom is -0.497 e. The molecule has 1 aromatic carbocycles. The van der Waals surface area contributed by atoms with Gasteiger partial charge in [-0.1, -0.05) is 0 Å². The van der Waals surface area contributed by atoms with Gasteiger partial charge in [-0.2, -0.15) is 5.10 Å². The number of pyridine rings is 1. The Bertz CT molecular complexity index is 1010. The van der Waals surface area contributed by atoms with Crippen LogP contribution in [0.3, 0.4) is 0 Å². The number of likely N-dealkylation sites (tertiary alicyclic amines) is 1. The molecular formula is C22H28N6O2. The highest BCUT2D eigenvalue weighted by atomic mass is 16.5. The topological polar surface area (TPSA) is 95.2 Å². The Morgan fingerprint density at radius 2 is 2.07 bits per heavy atom. The van der Waals surface area contributed by atoms with Crippen LogP contribution in [-0.2, 0) is 4.79 Å². The van der Waals surface area contributed by atoms with Gasteiger partial charge in [-0.05, 0) is 63.2 Å². The number of rotatable bonds is 7. The third kappa shape index (κ3) is 4.54. The highest BCUT2D eigenvalue weighted by Gasteiger charge is 2.26. The Balaban J connectivity index is 1.35. The van der Waals surface area contributed by atoms with E-state index in [2.05, 4.69) is 51.7 Å². The van der Waals surface area contributed by atoms with E-state index in [0.717, 1.165) is 53.5 Å². The average molecular weight is 409 g/mol. The van der Waals surface area contributed by atoms with Gasteiger partial charge in [-0.3, -0.25) is 14.8 Å². The van der Waals surface area contributed by atoms with E-state index in [1.165, 1.54) is 0 Å². The second-order valence-electron chi connectivity index (χ2n) is 8.00. The largest absolute Gasteiger partial charge is 0.497 e. The van der Waals surface area contributed by atoms with Crippen LogP contribution < -0.4 is 15.4 Å². The van der Waals surface area contributed by atoms with Gasteiger partial charge in [0.1, 0.15) is 5.75 Å². The summed E-state index contributed by atoms with van der Waals surface area (Å²) >= 11 is 0. The van der Waals surface area contributed by atoms with Gasteiger partial charge in [0, 0.05) is 29.9 Å². The normalized spacial score (nSPS) is 16.9. The predicted molar refractivity (Wildman–Crippen MR) is 118 cm³/mol. The first-order valence-corrected chi connectivity index (χ1v) is 10.3. The Hall–Kier alpha value is -3.13. The lowest BCUT2D eigenvalue weighted by molar-refractivity contribution is -0.117. The molecule has 2 aromatic heterocycles. The first-order valence-electron chi connectivity index (χ1n) is 10.3. The molecule has 1 aliphatic heterocycles. The van der Waals surface area contributed by atoms with Crippen LogP contribution in [0.15, 0.2) is 36.4 Å². The lowest BCUT2D eigenvalue weighted by Crippen LogP contribution is -2.31. The average Bonchev–Trinajstić information content (AvgIpc) is 3.35. The van der Waals surface area contributed by atoms with Crippen LogP contribution in [0.4, 0.5) is 11.5 Å². The molecule has 1 amide bonds. The zero-order valence-corrected chi connectivity index (χ0v) is 17.6. The van der Waals surface area contributed by atoms with E-state index in [9.17, 15) is 4.79 Å². The van der Waals surface area contributed by atoms with Gasteiger partial charge in [0.2, 0.25) is 5.91 Å². The number of anilines is 2. The van der Waals surface area contributed by atoms with E-state index in [-0.39, 0.29) is 5.91 Å². The lowest BCUT2D eigenvalue weighted by atomic mass is 10.0. The minimum atomic E-state index is -0.0119. The molecule has 0 unspecified atom stereocenters. The molecule has 30 heavy (non-hydrogen) atoms. The monoisotopic (exact) mass is 408 g/mol. The van der Waals surface area contributed by atoms with Crippen molar-refractivity contribution in [2.24, 2.45) is 0 Å².